The Kier molecular flexibility index (Phi) is 4.60. The Hall–Kier alpha value is -1.11. The molecule has 0 amide bonds. The number of benzene rings is 1. The van der Waals surface area contributed by atoms with Crippen LogP contribution in [0.25, 0.3) is 0 Å². The van der Waals surface area contributed by atoms with E-state index in [-0.39, 0.29) is 6.04 Å². The van der Waals surface area contributed by atoms with Gasteiger partial charge in [0.25, 0.3) is 0 Å². The third-order valence-corrected chi connectivity index (χ3v) is 4.87. The van der Waals surface area contributed by atoms with Crippen LogP contribution in [0, 0.1) is 5.41 Å². The van der Waals surface area contributed by atoms with Crippen molar-refractivity contribution in [2.75, 3.05) is 6.26 Å². The summed E-state index contributed by atoms with van der Waals surface area (Å²) in [6, 6.07) is 6.79. The van der Waals surface area contributed by atoms with Crippen LogP contribution in [0.2, 0.25) is 5.02 Å². The minimum Gasteiger partial charge on any atom is -0.481 e. The second-order valence-electron chi connectivity index (χ2n) is 5.72. The molecule has 2 N–H and O–H groups in total. The predicted octanol–water partition coefficient (Wildman–Crippen LogP) is 2.06. The van der Waals surface area contributed by atoms with Gasteiger partial charge in [-0.3, -0.25) is 4.79 Å². The van der Waals surface area contributed by atoms with E-state index in [1.54, 1.807) is 18.2 Å². The number of halogens is 1. The normalized spacial score (nSPS) is 25.9. The van der Waals surface area contributed by atoms with E-state index < -0.39 is 21.4 Å². The van der Waals surface area contributed by atoms with Gasteiger partial charge in [0.15, 0.2) is 0 Å². The first-order valence-corrected chi connectivity index (χ1v) is 8.92. The van der Waals surface area contributed by atoms with Crippen molar-refractivity contribution in [1.82, 2.24) is 4.72 Å². The van der Waals surface area contributed by atoms with Crippen molar-refractivity contribution in [2.24, 2.45) is 5.41 Å². The van der Waals surface area contributed by atoms with E-state index in [4.69, 9.17) is 11.6 Å². The van der Waals surface area contributed by atoms with Gasteiger partial charge in [-0.05, 0) is 43.4 Å². The van der Waals surface area contributed by atoms with Crippen LogP contribution in [0.15, 0.2) is 24.3 Å². The number of carboxylic acids is 1. The molecule has 0 unspecified atom stereocenters. The summed E-state index contributed by atoms with van der Waals surface area (Å²) in [5, 5.41) is 10.2. The lowest BCUT2D eigenvalue weighted by molar-refractivity contribution is -0.148. The van der Waals surface area contributed by atoms with Crippen molar-refractivity contribution in [3.63, 3.8) is 0 Å². The van der Waals surface area contributed by atoms with Crippen LogP contribution in [0.1, 0.15) is 24.8 Å². The molecule has 0 aliphatic heterocycles. The lowest BCUT2D eigenvalue weighted by atomic mass is 9.80. The van der Waals surface area contributed by atoms with Crippen LogP contribution in [0.4, 0.5) is 0 Å². The van der Waals surface area contributed by atoms with Crippen LogP contribution in [0.5, 0.6) is 0 Å². The van der Waals surface area contributed by atoms with E-state index in [9.17, 15) is 18.3 Å². The summed E-state index contributed by atoms with van der Waals surface area (Å²) in [7, 11) is -3.33. The van der Waals surface area contributed by atoms with Gasteiger partial charge in [-0.25, -0.2) is 13.1 Å². The average Bonchev–Trinajstić information content (AvgIpc) is 2.71. The molecule has 2 rings (SSSR count). The standard InChI is InChI=1S/C14H18ClNO4S/c1-21(19,20)16-12-5-6-14(9-12,13(17)18)8-10-3-2-4-11(15)7-10/h2-4,7,12,16H,5-6,8-9H2,1H3,(H,17,18)/t12-,14+/m0/s1. The lowest BCUT2D eigenvalue weighted by Gasteiger charge is -2.24. The van der Waals surface area contributed by atoms with E-state index in [2.05, 4.69) is 4.72 Å². The largest absolute Gasteiger partial charge is 0.481 e. The first-order valence-electron chi connectivity index (χ1n) is 6.65. The first kappa shape index (κ1) is 16.3. The van der Waals surface area contributed by atoms with E-state index in [1.165, 1.54) is 0 Å². The molecule has 116 valence electrons. The molecule has 1 aliphatic rings. The third kappa shape index (κ3) is 4.18. The van der Waals surface area contributed by atoms with Crippen LogP contribution >= 0.6 is 11.6 Å². The van der Waals surface area contributed by atoms with Crippen LogP contribution in [0.3, 0.4) is 0 Å². The summed E-state index contributed by atoms with van der Waals surface area (Å²) in [4.78, 5) is 11.7. The highest BCUT2D eigenvalue weighted by molar-refractivity contribution is 7.88. The van der Waals surface area contributed by atoms with Gasteiger partial charge in [-0.15, -0.1) is 0 Å². The number of nitrogens with one attached hydrogen (secondary N) is 1. The number of hydrogen-bond acceptors (Lipinski definition) is 3. The number of carbonyl (C=O) groups is 1. The molecule has 0 spiro atoms. The number of aliphatic carboxylic acids is 1. The summed E-state index contributed by atoms with van der Waals surface area (Å²) in [5.41, 5.74) is -0.0857. The van der Waals surface area contributed by atoms with Gasteiger partial charge >= 0.3 is 5.97 Å². The van der Waals surface area contributed by atoms with Gasteiger partial charge in [0.2, 0.25) is 10.0 Å². The molecule has 7 heteroatoms. The molecule has 0 saturated heterocycles. The van der Waals surface area contributed by atoms with E-state index in [0.29, 0.717) is 30.7 Å². The van der Waals surface area contributed by atoms with Gasteiger partial charge in [0.1, 0.15) is 0 Å². The number of sulfonamides is 1. The van der Waals surface area contributed by atoms with Crippen molar-refractivity contribution in [2.45, 2.75) is 31.7 Å². The van der Waals surface area contributed by atoms with E-state index >= 15 is 0 Å². The van der Waals surface area contributed by atoms with Crippen molar-refractivity contribution in [1.29, 1.82) is 0 Å². The van der Waals surface area contributed by atoms with Crippen LogP contribution in [-0.4, -0.2) is 31.8 Å². The van der Waals surface area contributed by atoms with E-state index in [1.807, 2.05) is 6.07 Å². The predicted molar refractivity (Wildman–Crippen MR) is 80.8 cm³/mol. The Morgan fingerprint density at radius 2 is 2.24 bits per heavy atom. The Balaban J connectivity index is 2.18. The van der Waals surface area contributed by atoms with Gasteiger partial charge in [0, 0.05) is 11.1 Å². The molecule has 0 bridgehead atoms. The second-order valence-corrected chi connectivity index (χ2v) is 7.94. The SMILES string of the molecule is CS(=O)(=O)N[C@H]1CC[C@](Cc2cccc(Cl)c2)(C(=O)O)C1. The summed E-state index contributed by atoms with van der Waals surface area (Å²) in [6.45, 7) is 0. The second kappa shape index (κ2) is 5.94. The Morgan fingerprint density at radius 1 is 1.52 bits per heavy atom. The van der Waals surface area contributed by atoms with Crippen molar-refractivity contribution in [3.8, 4) is 0 Å². The zero-order chi connectivity index (χ0) is 15.7. The molecular weight excluding hydrogens is 314 g/mol. The highest BCUT2D eigenvalue weighted by atomic mass is 35.5. The summed E-state index contributed by atoms with van der Waals surface area (Å²) >= 11 is 5.93. The maximum absolute atomic E-state index is 11.7. The molecule has 2 atom stereocenters. The number of hydrogen-bond donors (Lipinski definition) is 2. The molecule has 1 aromatic rings. The maximum Gasteiger partial charge on any atom is 0.310 e. The van der Waals surface area contributed by atoms with E-state index in [0.717, 1.165) is 11.8 Å². The van der Waals surface area contributed by atoms with Crippen molar-refractivity contribution in [3.05, 3.63) is 34.9 Å². The third-order valence-electron chi connectivity index (χ3n) is 3.87. The fraction of sp³-hybridized carbons (Fsp3) is 0.500. The molecule has 1 fully saturated rings. The van der Waals surface area contributed by atoms with Crippen LogP contribution < -0.4 is 4.72 Å². The topological polar surface area (TPSA) is 83.5 Å². The Labute approximate surface area is 129 Å². The zero-order valence-corrected chi connectivity index (χ0v) is 13.2. The first-order chi connectivity index (χ1) is 9.70. The average molecular weight is 332 g/mol. The van der Waals surface area contributed by atoms with Crippen LogP contribution in [-0.2, 0) is 21.2 Å². The molecule has 1 aromatic carbocycles. The molecule has 1 saturated carbocycles. The lowest BCUT2D eigenvalue weighted by Crippen LogP contribution is -2.36. The Morgan fingerprint density at radius 3 is 2.81 bits per heavy atom. The number of carboxylic acid groups (broad SMARTS) is 1. The molecule has 1 aliphatic carbocycles. The van der Waals surface area contributed by atoms with Gasteiger partial charge < -0.3 is 5.11 Å². The molecule has 21 heavy (non-hydrogen) atoms. The Bertz CT molecular complexity index is 646. The van der Waals surface area contributed by atoms with Gasteiger partial charge in [-0.1, -0.05) is 23.7 Å². The molecule has 0 heterocycles. The maximum atomic E-state index is 11.7. The molecule has 0 aromatic heterocycles. The van der Waals surface area contributed by atoms with Crippen molar-refractivity contribution < 1.29 is 18.3 Å². The van der Waals surface area contributed by atoms with Gasteiger partial charge in [-0.2, -0.15) is 0 Å². The highest BCUT2D eigenvalue weighted by Gasteiger charge is 2.46. The number of rotatable bonds is 5. The molecule has 0 radical (unpaired) electrons. The zero-order valence-electron chi connectivity index (χ0n) is 11.7. The minimum atomic E-state index is -3.33. The smallest absolute Gasteiger partial charge is 0.310 e. The summed E-state index contributed by atoms with van der Waals surface area (Å²) < 4.78 is 25.1. The highest BCUT2D eigenvalue weighted by Crippen LogP contribution is 2.42. The molecular formula is C14H18ClNO4S. The summed E-state index contributed by atoms with van der Waals surface area (Å²) in [6.07, 6.45) is 2.71. The van der Waals surface area contributed by atoms with Crippen molar-refractivity contribution >= 4 is 27.6 Å². The fourth-order valence-corrected chi connectivity index (χ4v) is 4.02. The molecule has 5 nitrogen and oxygen atoms in total. The quantitative estimate of drug-likeness (QED) is 0.865. The fourth-order valence-electron chi connectivity index (χ4n) is 3.00. The monoisotopic (exact) mass is 331 g/mol. The van der Waals surface area contributed by atoms with Gasteiger partial charge in [0.05, 0.1) is 11.7 Å². The summed E-state index contributed by atoms with van der Waals surface area (Å²) in [5.74, 6) is -0.889. The minimum absolute atomic E-state index is 0.294.